The van der Waals surface area contributed by atoms with Gasteiger partial charge >= 0.3 is 11.9 Å². The Morgan fingerprint density at radius 1 is 1.06 bits per heavy atom. The third-order valence-electron chi connectivity index (χ3n) is 5.29. The average molecular weight is 421 g/mol. The van der Waals surface area contributed by atoms with Crippen LogP contribution in [0.3, 0.4) is 0 Å². The number of anilines is 2. The van der Waals surface area contributed by atoms with Crippen molar-refractivity contribution >= 4 is 35.3 Å². The zero-order chi connectivity index (χ0) is 21.8. The first kappa shape index (κ1) is 20.5. The third-order valence-corrected chi connectivity index (χ3v) is 5.29. The molecule has 4 rings (SSSR count). The number of urea groups is 1. The van der Waals surface area contributed by atoms with E-state index in [1.807, 2.05) is 0 Å². The number of carbonyl (C=O) groups is 3. The second kappa shape index (κ2) is 8.97. The van der Waals surface area contributed by atoms with Crippen LogP contribution in [-0.2, 0) is 4.79 Å². The van der Waals surface area contributed by atoms with Gasteiger partial charge in [0.25, 0.3) is 5.78 Å². The van der Waals surface area contributed by atoms with Crippen LogP contribution in [0.5, 0.6) is 5.75 Å². The van der Waals surface area contributed by atoms with E-state index < -0.39 is 17.7 Å². The number of hydrogen-bond donors (Lipinski definition) is 3. The predicted octanol–water partition coefficient (Wildman–Crippen LogP) is 2.52. The van der Waals surface area contributed by atoms with Crippen molar-refractivity contribution in [3.8, 4) is 5.75 Å². The highest BCUT2D eigenvalue weighted by molar-refractivity contribution is 6.52. The summed E-state index contributed by atoms with van der Waals surface area (Å²) in [5.74, 6) is -0.968. The number of ketones is 1. The number of aromatic hydroxyl groups is 1. The Morgan fingerprint density at radius 2 is 1.81 bits per heavy atom. The van der Waals surface area contributed by atoms with Crippen molar-refractivity contribution < 1.29 is 19.5 Å². The molecule has 9 nitrogen and oxygen atoms in total. The summed E-state index contributed by atoms with van der Waals surface area (Å²) in [5.41, 5.74) is 4.27. The summed E-state index contributed by atoms with van der Waals surface area (Å²) in [7, 11) is 0. The number of piperidine rings is 1. The molecular weight excluding hydrogens is 398 g/mol. The highest BCUT2D eigenvalue weighted by atomic mass is 16.3. The molecule has 1 fully saturated rings. The summed E-state index contributed by atoms with van der Waals surface area (Å²) in [4.78, 5) is 40.7. The molecule has 2 aromatic carbocycles. The molecule has 2 aliphatic heterocycles. The van der Waals surface area contributed by atoms with Crippen LogP contribution in [0.15, 0.2) is 47.6 Å². The molecule has 0 saturated carbocycles. The number of fused-ring (bicyclic) bond motifs is 1. The van der Waals surface area contributed by atoms with Gasteiger partial charge in [0.1, 0.15) is 5.75 Å². The zero-order valence-electron chi connectivity index (χ0n) is 16.9. The first-order valence-corrected chi connectivity index (χ1v) is 10.1. The molecule has 0 spiro atoms. The lowest BCUT2D eigenvalue weighted by Gasteiger charge is -2.30. The molecule has 0 unspecified atom stereocenters. The number of hydrazone groups is 1. The van der Waals surface area contributed by atoms with Crippen molar-refractivity contribution in [2.75, 3.05) is 30.0 Å². The minimum atomic E-state index is -0.586. The van der Waals surface area contributed by atoms with Gasteiger partial charge in [0.05, 0.1) is 24.1 Å². The Morgan fingerprint density at radius 3 is 2.55 bits per heavy atom. The van der Waals surface area contributed by atoms with E-state index in [2.05, 4.69) is 20.7 Å². The number of rotatable bonds is 5. The van der Waals surface area contributed by atoms with Crippen LogP contribution in [0.25, 0.3) is 0 Å². The summed E-state index contributed by atoms with van der Waals surface area (Å²) in [6, 6.07) is 10.6. The van der Waals surface area contributed by atoms with Gasteiger partial charge in [-0.05, 0) is 74.0 Å². The van der Waals surface area contributed by atoms with Crippen LogP contribution in [0.1, 0.15) is 35.2 Å². The molecule has 0 aliphatic carbocycles. The molecule has 3 N–H and O–H groups in total. The average Bonchev–Trinajstić information content (AvgIpc) is 3.00. The van der Waals surface area contributed by atoms with Crippen LogP contribution in [-0.4, -0.2) is 53.7 Å². The van der Waals surface area contributed by atoms with Crippen molar-refractivity contribution in [2.45, 2.75) is 19.3 Å². The topological polar surface area (TPSA) is 114 Å². The maximum Gasteiger partial charge on any atom is 0.339 e. The largest absolute Gasteiger partial charge is 0.508 e. The van der Waals surface area contributed by atoms with Crippen molar-refractivity contribution in [1.29, 1.82) is 0 Å². The predicted molar refractivity (Wildman–Crippen MR) is 116 cm³/mol. The van der Waals surface area contributed by atoms with Gasteiger partial charge in [0.15, 0.2) is 0 Å². The number of amides is 3. The van der Waals surface area contributed by atoms with E-state index in [0.29, 0.717) is 23.6 Å². The number of likely N-dealkylation sites (tertiary alicyclic amines) is 1. The molecule has 3 amide bonds. The van der Waals surface area contributed by atoms with E-state index in [0.717, 1.165) is 25.9 Å². The molecule has 31 heavy (non-hydrogen) atoms. The molecule has 0 aromatic heterocycles. The minimum Gasteiger partial charge on any atom is -0.508 e. The SMILES string of the molecule is O=C(N/N=C/c1ccc(O)cc1)Nc1ccc2c(c1)C(=O)C(=O)N2CN1CCCCC1. The van der Waals surface area contributed by atoms with Gasteiger partial charge in [-0.15, -0.1) is 0 Å². The monoisotopic (exact) mass is 421 g/mol. The first-order chi connectivity index (χ1) is 15.0. The quantitative estimate of drug-likeness (QED) is 0.390. The number of phenols is 1. The maximum atomic E-state index is 12.5. The molecule has 2 heterocycles. The number of Topliss-reactive ketones (excluding diaryl/α,β-unsaturated/α-hetero) is 1. The van der Waals surface area contributed by atoms with Crippen LogP contribution in [0.2, 0.25) is 0 Å². The fourth-order valence-electron chi connectivity index (χ4n) is 3.70. The van der Waals surface area contributed by atoms with Crippen LogP contribution in [0, 0.1) is 0 Å². The minimum absolute atomic E-state index is 0.141. The Labute approximate surface area is 179 Å². The maximum absolute atomic E-state index is 12.5. The molecule has 0 atom stereocenters. The van der Waals surface area contributed by atoms with Gasteiger partial charge < -0.3 is 10.4 Å². The molecule has 2 aromatic rings. The fraction of sp³-hybridized carbons (Fsp3) is 0.273. The lowest BCUT2D eigenvalue weighted by molar-refractivity contribution is -0.114. The molecular formula is C22H23N5O4. The van der Waals surface area contributed by atoms with Crippen LogP contribution in [0.4, 0.5) is 16.2 Å². The molecule has 0 radical (unpaired) electrons. The number of nitrogens with one attached hydrogen (secondary N) is 2. The number of carbonyl (C=O) groups excluding carboxylic acids is 3. The van der Waals surface area contributed by atoms with E-state index in [1.165, 1.54) is 35.7 Å². The van der Waals surface area contributed by atoms with E-state index >= 15 is 0 Å². The summed E-state index contributed by atoms with van der Waals surface area (Å²) in [6.45, 7) is 2.23. The Hall–Kier alpha value is -3.72. The molecule has 160 valence electrons. The summed E-state index contributed by atoms with van der Waals surface area (Å²) < 4.78 is 0. The fourth-order valence-corrected chi connectivity index (χ4v) is 3.70. The summed E-state index contributed by atoms with van der Waals surface area (Å²) >= 11 is 0. The van der Waals surface area contributed by atoms with Crippen molar-refractivity contribution in [3.63, 3.8) is 0 Å². The van der Waals surface area contributed by atoms with Crippen LogP contribution < -0.4 is 15.6 Å². The standard InChI is InChI=1S/C22H23N5O4/c28-17-7-4-15(5-8-17)13-23-25-22(31)24-16-6-9-19-18(12-16)20(29)21(30)27(19)14-26-10-2-1-3-11-26/h4-9,12-13,28H,1-3,10-11,14H2,(H2,24,25,31)/b23-13+. The number of nitrogens with zero attached hydrogens (tertiary/aromatic N) is 3. The van der Waals surface area contributed by atoms with Gasteiger partial charge in [-0.3, -0.25) is 19.4 Å². The Bertz CT molecular complexity index is 1030. The van der Waals surface area contributed by atoms with E-state index in [4.69, 9.17) is 0 Å². The molecule has 0 bridgehead atoms. The van der Waals surface area contributed by atoms with Crippen molar-refractivity contribution in [2.24, 2.45) is 5.10 Å². The number of hydrogen-bond acceptors (Lipinski definition) is 6. The second-order valence-electron chi connectivity index (χ2n) is 7.53. The Balaban J connectivity index is 1.39. The van der Waals surface area contributed by atoms with Gasteiger partial charge in [-0.25, -0.2) is 10.2 Å². The summed E-state index contributed by atoms with van der Waals surface area (Å²) in [5, 5.41) is 15.7. The normalized spacial score (nSPS) is 16.6. The highest BCUT2D eigenvalue weighted by Gasteiger charge is 2.37. The summed E-state index contributed by atoms with van der Waals surface area (Å²) in [6.07, 6.45) is 4.81. The molecule has 1 saturated heterocycles. The number of phenolic OH excluding ortho intramolecular Hbond substituents is 1. The van der Waals surface area contributed by atoms with Crippen molar-refractivity contribution in [1.82, 2.24) is 10.3 Å². The molecule has 2 aliphatic rings. The Kier molecular flexibility index (Phi) is 5.94. The van der Waals surface area contributed by atoms with Gasteiger partial charge in [-0.1, -0.05) is 6.42 Å². The van der Waals surface area contributed by atoms with E-state index in [9.17, 15) is 19.5 Å². The lowest BCUT2D eigenvalue weighted by Crippen LogP contribution is -2.43. The first-order valence-electron chi connectivity index (χ1n) is 10.1. The smallest absolute Gasteiger partial charge is 0.339 e. The van der Waals surface area contributed by atoms with E-state index in [1.54, 1.807) is 24.3 Å². The third kappa shape index (κ3) is 4.72. The number of benzene rings is 2. The second-order valence-corrected chi connectivity index (χ2v) is 7.53. The molecule has 9 heteroatoms. The highest BCUT2D eigenvalue weighted by Crippen LogP contribution is 2.31. The van der Waals surface area contributed by atoms with E-state index in [-0.39, 0.29) is 11.3 Å². The van der Waals surface area contributed by atoms with Crippen molar-refractivity contribution in [3.05, 3.63) is 53.6 Å². The van der Waals surface area contributed by atoms with Crippen LogP contribution >= 0.6 is 0 Å². The lowest BCUT2D eigenvalue weighted by atomic mass is 10.1. The van der Waals surface area contributed by atoms with Gasteiger partial charge in [0, 0.05) is 5.69 Å². The zero-order valence-corrected chi connectivity index (χ0v) is 16.9. The van der Waals surface area contributed by atoms with Gasteiger partial charge in [0.2, 0.25) is 0 Å². The van der Waals surface area contributed by atoms with Gasteiger partial charge in [-0.2, -0.15) is 5.10 Å².